The first-order chi connectivity index (χ1) is 17.9. The third kappa shape index (κ3) is 5.15. The van der Waals surface area contributed by atoms with Crippen molar-refractivity contribution in [3.05, 3.63) is 94.3 Å². The van der Waals surface area contributed by atoms with Gasteiger partial charge in [0, 0.05) is 31.2 Å². The highest BCUT2D eigenvalue weighted by Gasteiger charge is 2.34. The molecule has 1 aliphatic rings. The predicted molar refractivity (Wildman–Crippen MR) is 136 cm³/mol. The average Bonchev–Trinajstić information content (AvgIpc) is 3.53. The van der Waals surface area contributed by atoms with Gasteiger partial charge < -0.3 is 15.0 Å². The number of H-pyrrole nitrogens is 1. The Morgan fingerprint density at radius 3 is 2.51 bits per heavy atom. The van der Waals surface area contributed by atoms with Crippen LogP contribution in [0.15, 0.2) is 77.9 Å². The number of carbonyl (C=O) groups excluding carboxylic acids is 2. The van der Waals surface area contributed by atoms with Crippen LogP contribution in [0.4, 0.5) is 11.4 Å². The van der Waals surface area contributed by atoms with Crippen LogP contribution in [0.1, 0.15) is 30.8 Å². The molecular weight excluding hydrogens is 476 g/mol. The Hall–Kier alpha value is -5.06. The molecule has 2 N–H and O–H groups in total. The second-order valence-electron chi connectivity index (χ2n) is 8.45. The number of aromatic nitrogens is 2. The van der Waals surface area contributed by atoms with E-state index in [4.69, 9.17) is 4.74 Å². The summed E-state index contributed by atoms with van der Waals surface area (Å²) < 4.78 is 5.68. The van der Waals surface area contributed by atoms with E-state index in [-0.39, 0.29) is 24.1 Å². The minimum absolute atomic E-state index is 0.0379. The van der Waals surface area contributed by atoms with Crippen molar-refractivity contribution in [1.29, 1.82) is 0 Å². The Morgan fingerprint density at radius 1 is 1.11 bits per heavy atom. The standard InChI is InChI=1S/C26H22N6O5/c1-16(33)27-18-8-12-20(13-9-18)37-15-25(34)31-24(17-6-10-19(11-7-17)32(35)36)14-23(30-31)26-28-21-4-2-3-5-22(21)29-26/h2-13,24H,14-15H2,1H3,(H,27,33)(H,28,29). The summed E-state index contributed by atoms with van der Waals surface area (Å²) in [6.07, 6.45) is 0.370. The van der Waals surface area contributed by atoms with Gasteiger partial charge in [-0.05, 0) is 42.0 Å². The van der Waals surface area contributed by atoms with Crippen LogP contribution in [0.3, 0.4) is 0 Å². The molecule has 0 saturated carbocycles. The van der Waals surface area contributed by atoms with Crippen molar-refractivity contribution < 1.29 is 19.2 Å². The number of hydrazone groups is 1. The Bertz CT molecular complexity index is 1480. The molecule has 0 saturated heterocycles. The van der Waals surface area contributed by atoms with Gasteiger partial charge in [0.05, 0.1) is 22.0 Å². The van der Waals surface area contributed by atoms with Crippen molar-refractivity contribution in [2.75, 3.05) is 11.9 Å². The van der Waals surface area contributed by atoms with Crippen LogP contribution in [0.5, 0.6) is 5.75 Å². The molecule has 1 aromatic heterocycles. The van der Waals surface area contributed by atoms with Gasteiger partial charge in [-0.3, -0.25) is 19.7 Å². The molecule has 186 valence electrons. The van der Waals surface area contributed by atoms with Gasteiger partial charge in [0.15, 0.2) is 12.4 Å². The number of nitro benzene ring substituents is 1. The fraction of sp³-hybridized carbons (Fsp3) is 0.154. The number of nitrogens with one attached hydrogen (secondary N) is 2. The van der Waals surface area contributed by atoms with Gasteiger partial charge in [-0.2, -0.15) is 5.10 Å². The number of non-ortho nitro benzene ring substituents is 1. The second-order valence-corrected chi connectivity index (χ2v) is 8.45. The van der Waals surface area contributed by atoms with Crippen molar-refractivity contribution in [2.24, 2.45) is 5.10 Å². The number of aromatic amines is 1. The Morgan fingerprint density at radius 2 is 1.84 bits per heavy atom. The van der Waals surface area contributed by atoms with E-state index in [9.17, 15) is 19.7 Å². The highest BCUT2D eigenvalue weighted by atomic mass is 16.6. The quantitative estimate of drug-likeness (QED) is 0.289. The van der Waals surface area contributed by atoms with Gasteiger partial charge in [-0.15, -0.1) is 0 Å². The summed E-state index contributed by atoms with van der Waals surface area (Å²) >= 11 is 0. The molecule has 37 heavy (non-hydrogen) atoms. The number of fused-ring (bicyclic) bond motifs is 1. The molecular formula is C26H22N6O5. The second kappa shape index (κ2) is 9.90. The third-order valence-electron chi connectivity index (χ3n) is 5.85. The first kappa shape index (κ1) is 23.7. The zero-order valence-electron chi connectivity index (χ0n) is 19.7. The highest BCUT2D eigenvalue weighted by Crippen LogP contribution is 2.33. The van der Waals surface area contributed by atoms with E-state index in [2.05, 4.69) is 20.4 Å². The number of benzene rings is 3. The summed E-state index contributed by atoms with van der Waals surface area (Å²) in [4.78, 5) is 42.9. The predicted octanol–water partition coefficient (Wildman–Crippen LogP) is 4.19. The lowest BCUT2D eigenvalue weighted by atomic mass is 10.0. The van der Waals surface area contributed by atoms with Crippen molar-refractivity contribution in [2.45, 2.75) is 19.4 Å². The molecule has 1 aliphatic heterocycles. The molecule has 2 amide bonds. The SMILES string of the molecule is CC(=O)Nc1ccc(OCC(=O)N2N=C(c3nc4ccccc4[nH]3)CC2c2ccc([N+](=O)[O-])cc2)cc1. The van der Waals surface area contributed by atoms with E-state index >= 15 is 0 Å². The largest absolute Gasteiger partial charge is 0.484 e. The van der Waals surface area contributed by atoms with Crippen molar-refractivity contribution >= 4 is 39.9 Å². The first-order valence-electron chi connectivity index (χ1n) is 11.5. The number of anilines is 1. The molecule has 2 heterocycles. The van der Waals surface area contributed by atoms with Gasteiger partial charge in [0.2, 0.25) is 5.91 Å². The number of imidazole rings is 1. The Kier molecular flexibility index (Phi) is 6.33. The van der Waals surface area contributed by atoms with E-state index in [1.54, 1.807) is 36.4 Å². The zero-order chi connectivity index (χ0) is 25.9. The molecule has 11 nitrogen and oxygen atoms in total. The number of nitro groups is 1. The van der Waals surface area contributed by atoms with Gasteiger partial charge in [-0.25, -0.2) is 9.99 Å². The molecule has 11 heteroatoms. The molecule has 0 bridgehead atoms. The fourth-order valence-corrected chi connectivity index (χ4v) is 4.10. The normalized spacial score (nSPS) is 14.9. The average molecular weight is 498 g/mol. The summed E-state index contributed by atoms with van der Waals surface area (Å²) in [5.41, 5.74) is 3.50. The maximum Gasteiger partial charge on any atom is 0.281 e. The number of hydrogen-bond acceptors (Lipinski definition) is 7. The number of carbonyl (C=O) groups is 2. The molecule has 3 aromatic carbocycles. The van der Waals surface area contributed by atoms with E-state index in [1.807, 2.05) is 24.3 Å². The van der Waals surface area contributed by atoms with E-state index in [0.717, 1.165) is 11.0 Å². The molecule has 0 aliphatic carbocycles. The minimum atomic E-state index is -0.484. The topological polar surface area (TPSA) is 143 Å². The van der Waals surface area contributed by atoms with E-state index < -0.39 is 11.0 Å². The maximum absolute atomic E-state index is 13.2. The van der Waals surface area contributed by atoms with Crippen molar-refractivity contribution in [3.8, 4) is 5.75 Å². The van der Waals surface area contributed by atoms with Gasteiger partial charge in [-0.1, -0.05) is 24.3 Å². The minimum Gasteiger partial charge on any atom is -0.484 e. The van der Waals surface area contributed by atoms with Crippen LogP contribution in [0.2, 0.25) is 0 Å². The third-order valence-corrected chi connectivity index (χ3v) is 5.85. The lowest BCUT2D eigenvalue weighted by Gasteiger charge is -2.22. The van der Waals surface area contributed by atoms with Crippen LogP contribution in [0.25, 0.3) is 11.0 Å². The Labute approximate surface area is 210 Å². The number of nitrogens with zero attached hydrogens (tertiary/aromatic N) is 4. The summed E-state index contributed by atoms with van der Waals surface area (Å²) in [7, 11) is 0. The van der Waals surface area contributed by atoms with Crippen LogP contribution in [-0.4, -0.2) is 44.0 Å². The summed E-state index contributed by atoms with van der Waals surface area (Å²) in [6, 6.07) is 19.8. The van der Waals surface area contributed by atoms with Crippen molar-refractivity contribution in [1.82, 2.24) is 15.0 Å². The number of rotatable bonds is 7. The number of hydrogen-bond donors (Lipinski definition) is 2. The van der Waals surface area contributed by atoms with E-state index in [1.165, 1.54) is 24.1 Å². The lowest BCUT2D eigenvalue weighted by molar-refractivity contribution is -0.384. The van der Waals surface area contributed by atoms with E-state index in [0.29, 0.717) is 35.0 Å². The zero-order valence-corrected chi connectivity index (χ0v) is 19.7. The fourth-order valence-electron chi connectivity index (χ4n) is 4.10. The van der Waals surface area contributed by atoms with Crippen LogP contribution < -0.4 is 10.1 Å². The molecule has 5 rings (SSSR count). The van der Waals surface area contributed by atoms with Crippen LogP contribution in [-0.2, 0) is 9.59 Å². The van der Waals surface area contributed by atoms with Crippen molar-refractivity contribution in [3.63, 3.8) is 0 Å². The van der Waals surface area contributed by atoms with Crippen LogP contribution >= 0.6 is 0 Å². The summed E-state index contributed by atoms with van der Waals surface area (Å²) in [5, 5.41) is 19.7. The Balaban J connectivity index is 1.38. The summed E-state index contributed by atoms with van der Waals surface area (Å²) in [6.45, 7) is 1.14. The monoisotopic (exact) mass is 498 g/mol. The molecule has 4 aromatic rings. The lowest BCUT2D eigenvalue weighted by Crippen LogP contribution is -2.31. The van der Waals surface area contributed by atoms with Crippen LogP contribution in [0, 0.1) is 10.1 Å². The maximum atomic E-state index is 13.2. The highest BCUT2D eigenvalue weighted by molar-refractivity contribution is 6.02. The smallest absolute Gasteiger partial charge is 0.281 e. The van der Waals surface area contributed by atoms with Gasteiger partial charge >= 0.3 is 0 Å². The number of amides is 2. The number of para-hydroxylation sites is 2. The summed E-state index contributed by atoms with van der Waals surface area (Å²) in [5.74, 6) is 0.432. The molecule has 0 fully saturated rings. The number of ether oxygens (including phenoxy) is 1. The van der Waals surface area contributed by atoms with Gasteiger partial charge in [0.25, 0.3) is 11.6 Å². The molecule has 0 radical (unpaired) electrons. The molecule has 1 atom stereocenters. The first-order valence-corrected chi connectivity index (χ1v) is 11.5. The molecule has 0 spiro atoms. The molecule has 1 unspecified atom stereocenters. The van der Waals surface area contributed by atoms with Gasteiger partial charge in [0.1, 0.15) is 11.5 Å².